The van der Waals surface area contributed by atoms with Crippen LogP contribution in [-0.2, 0) is 20.7 Å². The third kappa shape index (κ3) is 4.18. The second-order valence-corrected chi connectivity index (χ2v) is 9.97. The molecule has 0 spiro atoms. The first-order valence-electron chi connectivity index (χ1n) is 10.2. The minimum absolute atomic E-state index is 0.0642. The molecule has 0 radical (unpaired) electrons. The van der Waals surface area contributed by atoms with Crippen molar-refractivity contribution < 1.29 is 14.3 Å². The predicted octanol–water partition coefficient (Wildman–Crippen LogP) is 4.80. The smallest absolute Gasteiger partial charge is 0.310 e. The van der Waals surface area contributed by atoms with Crippen molar-refractivity contribution in [3.63, 3.8) is 0 Å². The summed E-state index contributed by atoms with van der Waals surface area (Å²) in [5.74, 6) is 1.86. The zero-order chi connectivity index (χ0) is 19.9. The lowest BCUT2D eigenvalue weighted by molar-refractivity contribution is -0.148. The van der Waals surface area contributed by atoms with Crippen LogP contribution in [0.25, 0.3) is 0 Å². The number of hydrogen-bond acceptors (Lipinski definition) is 3. The Balaban J connectivity index is 1.26. The fourth-order valence-electron chi connectivity index (χ4n) is 6.16. The predicted molar refractivity (Wildman–Crippen MR) is 109 cm³/mol. The van der Waals surface area contributed by atoms with Gasteiger partial charge in [-0.05, 0) is 86.3 Å². The summed E-state index contributed by atoms with van der Waals surface area (Å²) in [5, 5.41) is 3.96. The van der Waals surface area contributed by atoms with Crippen molar-refractivity contribution in [1.82, 2.24) is 5.32 Å². The van der Waals surface area contributed by atoms with Gasteiger partial charge in [0.25, 0.3) is 5.91 Å². The van der Waals surface area contributed by atoms with Crippen LogP contribution in [0.15, 0.2) is 18.2 Å². The molecule has 6 heteroatoms. The second-order valence-electron chi connectivity index (χ2n) is 9.16. The molecule has 0 aliphatic heterocycles. The highest BCUT2D eigenvalue weighted by molar-refractivity contribution is 6.42. The number of halogens is 2. The largest absolute Gasteiger partial charge is 0.455 e. The maximum Gasteiger partial charge on any atom is 0.310 e. The highest BCUT2D eigenvalue weighted by Gasteiger charge is 2.53. The highest BCUT2D eigenvalue weighted by Crippen LogP contribution is 2.61. The van der Waals surface area contributed by atoms with Crippen LogP contribution < -0.4 is 5.32 Å². The normalized spacial score (nSPS) is 31.5. The topological polar surface area (TPSA) is 55.4 Å². The van der Waals surface area contributed by atoms with Gasteiger partial charge in [-0.25, -0.2) is 0 Å². The van der Waals surface area contributed by atoms with E-state index >= 15 is 0 Å². The fraction of sp³-hybridized carbons (Fsp3) is 0.636. The molecular weight excluding hydrogens is 397 g/mol. The lowest BCUT2D eigenvalue weighted by atomic mass is 9.48. The molecule has 4 bridgehead atoms. The number of carbonyl (C=O) groups excluding carboxylic acids is 2. The van der Waals surface area contributed by atoms with E-state index in [0.717, 1.165) is 17.8 Å². The number of amides is 1. The molecule has 4 saturated carbocycles. The molecule has 0 saturated heterocycles. The Morgan fingerprint density at radius 1 is 1.11 bits per heavy atom. The molecule has 4 aliphatic rings. The Hall–Kier alpha value is -1.26. The number of esters is 1. The number of nitrogens with one attached hydrogen (secondary N) is 1. The molecule has 4 aliphatic carbocycles. The van der Waals surface area contributed by atoms with Crippen LogP contribution in [0.1, 0.15) is 51.0 Å². The fourth-order valence-corrected chi connectivity index (χ4v) is 6.48. The van der Waals surface area contributed by atoms with Gasteiger partial charge in [0.05, 0.1) is 16.5 Å². The van der Waals surface area contributed by atoms with E-state index in [1.807, 2.05) is 0 Å². The molecule has 1 aromatic carbocycles. The summed E-state index contributed by atoms with van der Waals surface area (Å²) in [6.45, 7) is 1.89. The zero-order valence-corrected chi connectivity index (χ0v) is 17.7. The summed E-state index contributed by atoms with van der Waals surface area (Å²) in [6.07, 6.45) is 7.91. The summed E-state index contributed by atoms with van der Waals surface area (Å²) in [5.41, 5.74) is 0.954. The van der Waals surface area contributed by atoms with Crippen molar-refractivity contribution in [2.45, 2.75) is 57.9 Å². The average Bonchev–Trinajstić information content (AvgIpc) is 2.62. The van der Waals surface area contributed by atoms with E-state index in [9.17, 15) is 9.59 Å². The quantitative estimate of drug-likeness (QED) is 0.668. The van der Waals surface area contributed by atoms with Gasteiger partial charge in [-0.15, -0.1) is 0 Å². The van der Waals surface area contributed by atoms with Crippen LogP contribution in [0.4, 0.5) is 0 Å². The van der Waals surface area contributed by atoms with Crippen molar-refractivity contribution >= 4 is 35.1 Å². The van der Waals surface area contributed by atoms with Crippen molar-refractivity contribution in [3.05, 3.63) is 33.8 Å². The van der Waals surface area contributed by atoms with Gasteiger partial charge in [0.15, 0.2) is 6.61 Å². The van der Waals surface area contributed by atoms with Gasteiger partial charge in [-0.2, -0.15) is 0 Å². The molecule has 4 nitrogen and oxygen atoms in total. The Labute approximate surface area is 176 Å². The maximum absolute atomic E-state index is 12.4. The van der Waals surface area contributed by atoms with Crippen LogP contribution >= 0.6 is 23.2 Å². The molecule has 0 unspecified atom stereocenters. The van der Waals surface area contributed by atoms with Crippen LogP contribution in [-0.4, -0.2) is 24.5 Å². The average molecular weight is 424 g/mol. The Morgan fingerprint density at radius 3 is 2.29 bits per heavy atom. The summed E-state index contributed by atoms with van der Waals surface area (Å²) in [7, 11) is 0. The van der Waals surface area contributed by atoms with E-state index in [-0.39, 0.29) is 30.4 Å². The Morgan fingerprint density at radius 2 is 1.71 bits per heavy atom. The van der Waals surface area contributed by atoms with Crippen molar-refractivity contribution in [2.75, 3.05) is 6.61 Å². The summed E-state index contributed by atoms with van der Waals surface area (Å²) in [4.78, 5) is 24.4. The Bertz CT molecular complexity index is 744. The molecule has 152 valence electrons. The van der Waals surface area contributed by atoms with Crippen LogP contribution in [0.5, 0.6) is 0 Å². The van der Waals surface area contributed by atoms with Crippen molar-refractivity contribution in [1.29, 1.82) is 0 Å². The molecule has 1 N–H and O–H groups in total. The molecule has 0 aromatic heterocycles. The summed E-state index contributed by atoms with van der Waals surface area (Å²) >= 11 is 11.8. The van der Waals surface area contributed by atoms with Gasteiger partial charge in [0.1, 0.15) is 0 Å². The van der Waals surface area contributed by atoms with Gasteiger partial charge in [0, 0.05) is 6.04 Å². The van der Waals surface area contributed by atoms with Crippen LogP contribution in [0, 0.1) is 23.2 Å². The molecule has 5 rings (SSSR count). The van der Waals surface area contributed by atoms with Crippen molar-refractivity contribution in [2.24, 2.45) is 23.2 Å². The molecule has 4 fully saturated rings. The molecule has 1 amide bonds. The van der Waals surface area contributed by atoms with E-state index in [2.05, 4.69) is 12.2 Å². The lowest BCUT2D eigenvalue weighted by Gasteiger charge is -2.59. The minimum atomic E-state index is -0.448. The first-order valence-corrected chi connectivity index (χ1v) is 11.0. The number of ether oxygens (including phenoxy) is 1. The summed E-state index contributed by atoms with van der Waals surface area (Å²) < 4.78 is 5.17. The van der Waals surface area contributed by atoms with Crippen LogP contribution in [0.3, 0.4) is 0 Å². The van der Waals surface area contributed by atoms with E-state index in [1.165, 1.54) is 38.5 Å². The molecule has 0 heterocycles. The van der Waals surface area contributed by atoms with Gasteiger partial charge in [-0.1, -0.05) is 29.3 Å². The van der Waals surface area contributed by atoms with E-state index < -0.39 is 5.97 Å². The van der Waals surface area contributed by atoms with E-state index in [0.29, 0.717) is 15.6 Å². The first kappa shape index (κ1) is 20.0. The lowest BCUT2D eigenvalue weighted by Crippen LogP contribution is -2.56. The first-order chi connectivity index (χ1) is 13.3. The zero-order valence-electron chi connectivity index (χ0n) is 16.2. The monoisotopic (exact) mass is 423 g/mol. The molecule has 1 aromatic rings. The number of carbonyl (C=O) groups is 2. The van der Waals surface area contributed by atoms with Crippen LogP contribution in [0.2, 0.25) is 10.0 Å². The van der Waals surface area contributed by atoms with E-state index in [4.69, 9.17) is 27.9 Å². The van der Waals surface area contributed by atoms with Gasteiger partial charge in [-0.3, -0.25) is 9.59 Å². The van der Waals surface area contributed by atoms with E-state index in [1.54, 1.807) is 18.2 Å². The van der Waals surface area contributed by atoms with Gasteiger partial charge < -0.3 is 10.1 Å². The van der Waals surface area contributed by atoms with Gasteiger partial charge in [0.2, 0.25) is 0 Å². The third-order valence-electron chi connectivity index (χ3n) is 7.08. The standard InChI is InChI=1S/C22H27Cl2NO3/c1-13(22-9-15-4-16(10-22)6-17(5-15)11-22)25-20(26)12-28-21(27)8-14-2-3-18(23)19(24)7-14/h2-3,7,13,15-17H,4-6,8-12H2,1H3,(H,25,26)/t13-,15?,16?,17?,22?/m0/s1. The number of benzene rings is 1. The third-order valence-corrected chi connectivity index (χ3v) is 7.82. The van der Waals surface area contributed by atoms with Crippen molar-refractivity contribution in [3.8, 4) is 0 Å². The minimum Gasteiger partial charge on any atom is -0.455 e. The Kier molecular flexibility index (Phi) is 5.63. The number of rotatable bonds is 6. The highest BCUT2D eigenvalue weighted by atomic mass is 35.5. The SMILES string of the molecule is C[C@H](NC(=O)COC(=O)Cc1ccc(Cl)c(Cl)c1)C12CC3CC(CC(C3)C1)C2. The second kappa shape index (κ2) is 7.87. The summed E-state index contributed by atoms with van der Waals surface area (Å²) in [6, 6.07) is 5.14. The molecule has 1 atom stereocenters. The molecule has 28 heavy (non-hydrogen) atoms. The maximum atomic E-state index is 12.4. The van der Waals surface area contributed by atoms with Gasteiger partial charge >= 0.3 is 5.97 Å². The number of hydrogen-bond donors (Lipinski definition) is 1. The molecular formula is C22H27Cl2NO3.